The van der Waals surface area contributed by atoms with Crippen molar-refractivity contribution >= 4 is 17.5 Å². The Labute approximate surface area is 111 Å². The lowest BCUT2D eigenvalue weighted by atomic mass is 10.2. The second-order valence-electron chi connectivity index (χ2n) is 4.21. The zero-order chi connectivity index (χ0) is 13.4. The van der Waals surface area contributed by atoms with Crippen LogP contribution in [0.15, 0.2) is 18.2 Å². The van der Waals surface area contributed by atoms with Crippen LogP contribution in [0.4, 0.5) is 4.39 Å². The fourth-order valence-electron chi connectivity index (χ4n) is 1.66. The average Bonchev–Trinajstić information content (AvgIpc) is 3.10. The minimum Gasteiger partial charge on any atom is -0.477 e. The highest BCUT2D eigenvalue weighted by Gasteiger charge is 2.28. The molecule has 19 heavy (non-hydrogen) atoms. The Bertz CT molecular complexity index is 640. The maximum atomic E-state index is 13.5. The second kappa shape index (κ2) is 4.58. The first kappa shape index (κ1) is 12.0. The van der Waals surface area contributed by atoms with Crippen molar-refractivity contribution in [2.75, 3.05) is 0 Å². The number of halogens is 1. The predicted octanol–water partition coefficient (Wildman–Crippen LogP) is 3.05. The summed E-state index contributed by atoms with van der Waals surface area (Å²) in [7, 11) is 0. The van der Waals surface area contributed by atoms with Crippen LogP contribution in [0, 0.1) is 5.82 Å². The van der Waals surface area contributed by atoms with Gasteiger partial charge in [0.2, 0.25) is 0 Å². The molecule has 1 fully saturated rings. The molecule has 98 valence electrons. The van der Waals surface area contributed by atoms with Crippen LogP contribution in [0.2, 0.25) is 0 Å². The number of nitrogens with zero attached hydrogens (tertiary/aromatic N) is 2. The van der Waals surface area contributed by atoms with E-state index in [1.807, 2.05) is 0 Å². The third-order valence-electron chi connectivity index (χ3n) is 2.75. The van der Waals surface area contributed by atoms with E-state index in [9.17, 15) is 9.18 Å². The quantitative estimate of drug-likeness (QED) is 0.931. The topological polar surface area (TPSA) is 72.3 Å². The summed E-state index contributed by atoms with van der Waals surface area (Å²) in [6.07, 6.45) is 2.13. The largest absolute Gasteiger partial charge is 0.477 e. The SMILES string of the molecule is O=C(O)c1c(F)cccc1Oc1nc(C2CC2)ns1. The first-order valence-corrected chi connectivity index (χ1v) is 6.46. The number of rotatable bonds is 4. The van der Waals surface area contributed by atoms with Gasteiger partial charge in [-0.2, -0.15) is 9.36 Å². The van der Waals surface area contributed by atoms with Gasteiger partial charge in [-0.25, -0.2) is 9.18 Å². The Hall–Kier alpha value is -2.02. The highest BCUT2D eigenvalue weighted by Crippen LogP contribution is 2.40. The molecule has 0 spiro atoms. The van der Waals surface area contributed by atoms with Crippen molar-refractivity contribution in [1.29, 1.82) is 0 Å². The fraction of sp³-hybridized carbons (Fsp3) is 0.250. The lowest BCUT2D eigenvalue weighted by molar-refractivity contribution is 0.0689. The first-order valence-electron chi connectivity index (χ1n) is 5.68. The molecule has 1 saturated carbocycles. The molecule has 0 saturated heterocycles. The minimum atomic E-state index is -1.37. The lowest BCUT2D eigenvalue weighted by Gasteiger charge is -2.05. The molecule has 1 aliphatic carbocycles. The van der Waals surface area contributed by atoms with Crippen molar-refractivity contribution in [3.63, 3.8) is 0 Å². The van der Waals surface area contributed by atoms with Gasteiger partial charge >= 0.3 is 5.97 Å². The number of hydrogen-bond donors (Lipinski definition) is 1. The molecule has 7 heteroatoms. The van der Waals surface area contributed by atoms with Crippen molar-refractivity contribution in [2.24, 2.45) is 0 Å². The van der Waals surface area contributed by atoms with Crippen LogP contribution < -0.4 is 4.74 Å². The highest BCUT2D eigenvalue weighted by atomic mass is 32.1. The van der Waals surface area contributed by atoms with Gasteiger partial charge in [0, 0.05) is 17.5 Å². The van der Waals surface area contributed by atoms with E-state index in [4.69, 9.17) is 9.84 Å². The van der Waals surface area contributed by atoms with E-state index >= 15 is 0 Å². The molecular weight excluding hydrogens is 271 g/mol. The normalized spacial score (nSPS) is 14.4. The summed E-state index contributed by atoms with van der Waals surface area (Å²) < 4.78 is 22.9. The van der Waals surface area contributed by atoms with E-state index < -0.39 is 17.3 Å². The van der Waals surface area contributed by atoms with Crippen molar-refractivity contribution in [3.05, 3.63) is 35.4 Å². The van der Waals surface area contributed by atoms with Gasteiger partial charge in [-0.3, -0.25) is 0 Å². The van der Waals surface area contributed by atoms with Crippen LogP contribution in [0.3, 0.4) is 0 Å². The number of aromatic carboxylic acids is 1. The van der Waals surface area contributed by atoms with Crippen molar-refractivity contribution in [2.45, 2.75) is 18.8 Å². The van der Waals surface area contributed by atoms with Crippen LogP contribution in [0.5, 0.6) is 10.9 Å². The smallest absolute Gasteiger partial charge is 0.342 e. The van der Waals surface area contributed by atoms with Crippen LogP contribution >= 0.6 is 11.5 Å². The summed E-state index contributed by atoms with van der Waals surface area (Å²) in [6, 6.07) is 3.86. The standard InChI is InChI=1S/C12H9FN2O3S/c13-7-2-1-3-8(9(7)11(16)17)18-12-14-10(15-19-12)6-4-5-6/h1-3,6H,4-5H2,(H,16,17). The van der Waals surface area contributed by atoms with E-state index in [1.165, 1.54) is 12.1 Å². The molecule has 0 bridgehead atoms. The average molecular weight is 280 g/mol. The van der Waals surface area contributed by atoms with Crippen LogP contribution in [0.25, 0.3) is 0 Å². The van der Waals surface area contributed by atoms with E-state index in [1.54, 1.807) is 0 Å². The zero-order valence-corrected chi connectivity index (χ0v) is 10.5. The molecule has 1 aromatic carbocycles. The Balaban J connectivity index is 1.89. The second-order valence-corrected chi connectivity index (χ2v) is 4.93. The molecule has 1 aliphatic rings. The third-order valence-corrected chi connectivity index (χ3v) is 3.36. The maximum Gasteiger partial charge on any atom is 0.342 e. The van der Waals surface area contributed by atoms with Gasteiger partial charge in [-0.15, -0.1) is 0 Å². The molecule has 1 heterocycles. The highest BCUT2D eigenvalue weighted by molar-refractivity contribution is 7.07. The third kappa shape index (κ3) is 2.41. The van der Waals surface area contributed by atoms with Gasteiger partial charge in [-0.1, -0.05) is 6.07 Å². The minimum absolute atomic E-state index is 0.0639. The summed E-state index contributed by atoms with van der Waals surface area (Å²) in [6.45, 7) is 0. The molecule has 5 nitrogen and oxygen atoms in total. The monoisotopic (exact) mass is 280 g/mol. The molecule has 0 atom stereocenters. The summed E-state index contributed by atoms with van der Waals surface area (Å²) in [5.41, 5.74) is -0.495. The molecule has 0 amide bonds. The van der Waals surface area contributed by atoms with E-state index in [0.717, 1.165) is 30.4 Å². The maximum absolute atomic E-state index is 13.5. The molecule has 2 aromatic rings. The number of aromatic nitrogens is 2. The molecule has 0 unspecified atom stereocenters. The number of carboxylic acids is 1. The Kier molecular flexibility index (Phi) is 2.90. The summed E-state index contributed by atoms with van der Waals surface area (Å²) in [4.78, 5) is 15.2. The Morgan fingerprint density at radius 1 is 1.47 bits per heavy atom. The van der Waals surface area contributed by atoms with Crippen molar-refractivity contribution in [1.82, 2.24) is 9.36 Å². The van der Waals surface area contributed by atoms with E-state index in [0.29, 0.717) is 11.7 Å². The molecular formula is C12H9FN2O3S. The van der Waals surface area contributed by atoms with Gasteiger partial charge in [0.25, 0.3) is 5.19 Å². The summed E-state index contributed by atoms with van der Waals surface area (Å²) in [5.74, 6) is -1.17. The number of benzene rings is 1. The van der Waals surface area contributed by atoms with Crippen LogP contribution in [-0.2, 0) is 0 Å². The van der Waals surface area contributed by atoms with Crippen LogP contribution in [0.1, 0.15) is 34.9 Å². The van der Waals surface area contributed by atoms with Gasteiger partial charge in [-0.05, 0) is 25.0 Å². The number of carboxylic acid groups (broad SMARTS) is 1. The molecule has 1 N–H and O–H groups in total. The van der Waals surface area contributed by atoms with Crippen LogP contribution in [-0.4, -0.2) is 20.4 Å². The molecule has 0 radical (unpaired) electrons. The van der Waals surface area contributed by atoms with Gasteiger partial charge in [0.05, 0.1) is 0 Å². The van der Waals surface area contributed by atoms with E-state index in [2.05, 4.69) is 9.36 Å². The van der Waals surface area contributed by atoms with Gasteiger partial charge < -0.3 is 9.84 Å². The number of hydrogen-bond acceptors (Lipinski definition) is 5. The Morgan fingerprint density at radius 2 is 2.26 bits per heavy atom. The summed E-state index contributed by atoms with van der Waals surface area (Å²) in [5, 5.41) is 9.21. The lowest BCUT2D eigenvalue weighted by Crippen LogP contribution is -2.03. The van der Waals surface area contributed by atoms with Gasteiger partial charge in [0.1, 0.15) is 23.0 Å². The van der Waals surface area contributed by atoms with Gasteiger partial charge in [0.15, 0.2) is 0 Å². The van der Waals surface area contributed by atoms with Crippen molar-refractivity contribution < 1.29 is 19.0 Å². The summed E-state index contributed by atoms with van der Waals surface area (Å²) >= 11 is 1.04. The first-order chi connectivity index (χ1) is 9.15. The fourth-order valence-corrected chi connectivity index (χ4v) is 2.28. The molecule has 0 aliphatic heterocycles. The van der Waals surface area contributed by atoms with Crippen molar-refractivity contribution in [3.8, 4) is 10.9 Å². The van der Waals surface area contributed by atoms with E-state index in [-0.39, 0.29) is 10.9 Å². The number of ether oxygens (including phenoxy) is 1. The zero-order valence-electron chi connectivity index (χ0n) is 9.67. The Morgan fingerprint density at radius 3 is 2.95 bits per heavy atom. The predicted molar refractivity (Wildman–Crippen MR) is 65.3 cm³/mol. The number of carbonyl (C=O) groups is 1. The molecule has 1 aromatic heterocycles. The molecule has 3 rings (SSSR count).